The van der Waals surface area contributed by atoms with Crippen molar-refractivity contribution in [2.45, 2.75) is 102 Å². The largest absolute Gasteiger partial charge is 0.460 e. The predicted octanol–water partition coefficient (Wildman–Crippen LogP) is 15.6. The fourth-order valence-electron chi connectivity index (χ4n) is 10.3. The molecule has 2 aliphatic carbocycles. The third-order valence-corrected chi connectivity index (χ3v) is 13.5. The average Bonchev–Trinajstić information content (AvgIpc) is 3.72. The molecule has 2 unspecified atom stereocenters. The second-order valence-electron chi connectivity index (χ2n) is 17.7. The fourth-order valence-corrected chi connectivity index (χ4v) is 10.3. The van der Waals surface area contributed by atoms with Crippen LogP contribution in [-0.2, 0) is 6.42 Å². The van der Waals surface area contributed by atoms with Crippen molar-refractivity contribution in [3.63, 3.8) is 0 Å². The molecule has 2 atom stereocenters. The van der Waals surface area contributed by atoms with Gasteiger partial charge in [-0.25, -0.2) is 9.98 Å². The number of hydrogen-bond donors (Lipinski definition) is 1. The Hall–Kier alpha value is -6.26. The molecule has 1 aromatic heterocycles. The minimum atomic E-state index is -0.405. The third kappa shape index (κ3) is 7.99. The summed E-state index contributed by atoms with van der Waals surface area (Å²) in [5, 5.41) is 4.80. The van der Waals surface area contributed by atoms with Crippen LogP contribution in [-0.4, -0.2) is 11.7 Å². The number of aryl methyl sites for hydroxylation is 1. The van der Waals surface area contributed by atoms with Gasteiger partial charge in [-0.05, 0) is 106 Å². The summed E-state index contributed by atoms with van der Waals surface area (Å²) in [6, 6.07) is 51.3. The van der Waals surface area contributed by atoms with E-state index in [-0.39, 0.29) is 0 Å². The summed E-state index contributed by atoms with van der Waals surface area (Å²) >= 11 is 0. The first-order valence-corrected chi connectivity index (χ1v) is 23.2. The highest BCUT2D eigenvalue weighted by molar-refractivity contribution is 6.16. The van der Waals surface area contributed by atoms with E-state index in [9.17, 15) is 0 Å². The standard InChI is InChI=1S/C58H57N3O/c1-3-4-9-20-39(2)48-38-49(54(42-23-12-6-13-24-42)55(43-25-14-7-15-26-43)53(48)41-21-10-5-11-22-41)40-31-33-45(34-32-40)57-59-56(44-27-16-8-17-28-44)60-58(61-57)46-35-36-52-50(37-46)47-29-18-19-30-51(47)62-52/h5,7-8,10-11,14-18,21-22,25-29,31-39,42,58H,3-4,6,9,12-13,19-20,23-24,30H2,1-2H3,(H,59,60,61). The van der Waals surface area contributed by atoms with E-state index >= 15 is 0 Å². The minimum absolute atomic E-state index is 0.405. The summed E-state index contributed by atoms with van der Waals surface area (Å²) in [4.78, 5) is 10.6. The molecule has 1 N–H and O–H groups in total. The Labute approximate surface area is 367 Å². The van der Waals surface area contributed by atoms with Gasteiger partial charge in [-0.3, -0.25) is 0 Å². The number of furan rings is 1. The van der Waals surface area contributed by atoms with Crippen LogP contribution in [0.4, 0.5) is 0 Å². The van der Waals surface area contributed by atoms with E-state index in [4.69, 9.17) is 14.4 Å². The molecule has 0 amide bonds. The van der Waals surface area contributed by atoms with Crippen molar-refractivity contribution in [1.82, 2.24) is 5.32 Å². The molecule has 2 heterocycles. The summed E-state index contributed by atoms with van der Waals surface area (Å²) < 4.78 is 6.28. The number of fused-ring (bicyclic) bond motifs is 3. The Morgan fingerprint density at radius 2 is 1.29 bits per heavy atom. The molecule has 0 bridgehead atoms. The van der Waals surface area contributed by atoms with Crippen molar-refractivity contribution in [2.75, 3.05) is 0 Å². The number of benzene rings is 6. The number of hydrogen-bond acceptors (Lipinski definition) is 4. The quantitative estimate of drug-likeness (QED) is 0.125. The van der Waals surface area contributed by atoms with Crippen molar-refractivity contribution in [2.24, 2.45) is 9.98 Å². The Balaban J connectivity index is 1.11. The first kappa shape index (κ1) is 39.9. The van der Waals surface area contributed by atoms with Crippen LogP contribution in [0.25, 0.3) is 50.4 Å². The van der Waals surface area contributed by atoms with E-state index in [1.807, 2.05) is 0 Å². The second kappa shape index (κ2) is 18.0. The maximum atomic E-state index is 6.28. The van der Waals surface area contributed by atoms with Gasteiger partial charge in [-0.1, -0.05) is 186 Å². The first-order chi connectivity index (χ1) is 30.6. The van der Waals surface area contributed by atoms with Gasteiger partial charge in [0, 0.05) is 28.5 Å². The first-order valence-electron chi connectivity index (χ1n) is 23.2. The van der Waals surface area contributed by atoms with Gasteiger partial charge < -0.3 is 9.73 Å². The van der Waals surface area contributed by atoms with Gasteiger partial charge >= 0.3 is 0 Å². The lowest BCUT2D eigenvalue weighted by atomic mass is 9.72. The maximum absolute atomic E-state index is 6.28. The molecule has 1 saturated carbocycles. The molecule has 0 spiro atoms. The van der Waals surface area contributed by atoms with Crippen LogP contribution < -0.4 is 5.32 Å². The molecule has 7 aromatic rings. The maximum Gasteiger partial charge on any atom is 0.169 e. The smallest absolute Gasteiger partial charge is 0.169 e. The summed E-state index contributed by atoms with van der Waals surface area (Å²) in [5.74, 6) is 3.62. The molecular formula is C58H57N3O. The zero-order valence-electron chi connectivity index (χ0n) is 36.2. The molecule has 10 rings (SSSR count). The fraction of sp³-hybridized carbons (Fsp3) is 0.276. The van der Waals surface area contributed by atoms with E-state index in [0.29, 0.717) is 11.8 Å². The number of aliphatic imine (C=N–C) groups is 2. The van der Waals surface area contributed by atoms with Crippen molar-refractivity contribution in [3.8, 4) is 33.4 Å². The summed E-state index contributed by atoms with van der Waals surface area (Å²) in [6.45, 7) is 4.77. The number of unbranched alkanes of at least 4 members (excludes halogenated alkanes) is 2. The third-order valence-electron chi connectivity index (χ3n) is 13.5. The Morgan fingerprint density at radius 3 is 1.97 bits per heavy atom. The lowest BCUT2D eigenvalue weighted by Crippen LogP contribution is -2.36. The molecular weight excluding hydrogens is 755 g/mol. The van der Waals surface area contributed by atoms with E-state index in [2.05, 4.69) is 171 Å². The number of rotatable bonds is 12. The lowest BCUT2D eigenvalue weighted by Gasteiger charge is -2.32. The van der Waals surface area contributed by atoms with Gasteiger partial charge in [0.1, 0.15) is 23.0 Å². The molecule has 1 fully saturated rings. The molecule has 3 aliphatic rings. The molecule has 62 heavy (non-hydrogen) atoms. The highest BCUT2D eigenvalue weighted by Gasteiger charge is 2.30. The van der Waals surface area contributed by atoms with Crippen LogP contribution in [0.1, 0.15) is 135 Å². The van der Waals surface area contributed by atoms with E-state index in [0.717, 1.165) is 57.9 Å². The molecule has 1 aliphatic heterocycles. The van der Waals surface area contributed by atoms with Gasteiger partial charge in [0.05, 0.1) is 0 Å². The molecule has 310 valence electrons. The van der Waals surface area contributed by atoms with Crippen LogP contribution in [0.5, 0.6) is 0 Å². The second-order valence-corrected chi connectivity index (χ2v) is 17.7. The van der Waals surface area contributed by atoms with Gasteiger partial charge in [0.25, 0.3) is 0 Å². The average molecular weight is 812 g/mol. The Kier molecular flexibility index (Phi) is 11.6. The highest BCUT2D eigenvalue weighted by Crippen LogP contribution is 2.51. The van der Waals surface area contributed by atoms with Gasteiger partial charge in [0.15, 0.2) is 6.17 Å². The summed E-state index contributed by atoms with van der Waals surface area (Å²) in [6.07, 6.45) is 17.2. The van der Waals surface area contributed by atoms with Crippen molar-refractivity contribution in [3.05, 3.63) is 185 Å². The normalized spacial score (nSPS) is 17.0. The number of amidine groups is 2. The molecule has 4 heteroatoms. The number of nitrogens with zero attached hydrogens (tertiary/aromatic N) is 2. The Morgan fingerprint density at radius 1 is 0.661 bits per heavy atom. The predicted molar refractivity (Wildman–Crippen MR) is 260 cm³/mol. The lowest BCUT2D eigenvalue weighted by molar-refractivity contribution is 0.445. The molecule has 6 aromatic carbocycles. The zero-order chi connectivity index (χ0) is 41.8. The van der Waals surface area contributed by atoms with Crippen molar-refractivity contribution in [1.29, 1.82) is 0 Å². The van der Waals surface area contributed by atoms with Crippen LogP contribution >= 0.6 is 0 Å². The summed E-state index contributed by atoms with van der Waals surface area (Å²) in [5.41, 5.74) is 16.4. The van der Waals surface area contributed by atoms with E-state index < -0.39 is 6.17 Å². The van der Waals surface area contributed by atoms with Crippen LogP contribution in [0.15, 0.2) is 160 Å². The zero-order valence-corrected chi connectivity index (χ0v) is 36.2. The SMILES string of the molecule is CCCCCC(C)c1cc(-c2ccc(C3=NC(c4ccc5oc6c(c5c4)C=CCC6)N=C(c4ccccc4)N3)cc2)c(C2CCCCC2)c(-c2ccccc2)c1-c1ccccc1. The molecule has 0 saturated heterocycles. The van der Waals surface area contributed by atoms with Gasteiger partial charge in [-0.2, -0.15) is 0 Å². The van der Waals surface area contributed by atoms with Crippen LogP contribution in [0, 0.1) is 0 Å². The number of nitrogens with one attached hydrogen (secondary N) is 1. The molecule has 0 radical (unpaired) electrons. The highest BCUT2D eigenvalue weighted by atomic mass is 16.3. The van der Waals surface area contributed by atoms with Crippen molar-refractivity contribution < 1.29 is 4.42 Å². The minimum Gasteiger partial charge on any atom is -0.460 e. The van der Waals surface area contributed by atoms with E-state index in [1.54, 1.807) is 0 Å². The van der Waals surface area contributed by atoms with Gasteiger partial charge in [0.2, 0.25) is 0 Å². The monoisotopic (exact) mass is 811 g/mol. The van der Waals surface area contributed by atoms with Crippen LogP contribution in [0.3, 0.4) is 0 Å². The van der Waals surface area contributed by atoms with E-state index in [1.165, 1.54) is 108 Å². The number of allylic oxidation sites excluding steroid dienone is 1. The van der Waals surface area contributed by atoms with Gasteiger partial charge in [-0.15, -0.1) is 0 Å². The molecule has 4 nitrogen and oxygen atoms in total. The summed E-state index contributed by atoms with van der Waals surface area (Å²) in [7, 11) is 0. The Bertz CT molecular complexity index is 2750. The topological polar surface area (TPSA) is 49.9 Å². The van der Waals surface area contributed by atoms with Crippen LogP contribution in [0.2, 0.25) is 0 Å². The van der Waals surface area contributed by atoms with Crippen molar-refractivity contribution >= 4 is 28.7 Å².